The van der Waals surface area contributed by atoms with Crippen LogP contribution in [0.15, 0.2) is 48.8 Å². The summed E-state index contributed by atoms with van der Waals surface area (Å²) in [5, 5.41) is 14.0. The molecule has 0 fully saturated rings. The van der Waals surface area contributed by atoms with E-state index in [-0.39, 0.29) is 25.1 Å². The van der Waals surface area contributed by atoms with Crippen molar-refractivity contribution in [3.8, 4) is 11.5 Å². The minimum absolute atomic E-state index is 0. The van der Waals surface area contributed by atoms with Crippen LogP contribution in [-0.4, -0.2) is 41.0 Å². The van der Waals surface area contributed by atoms with Gasteiger partial charge in [0.05, 0.1) is 13.2 Å². The predicted molar refractivity (Wildman–Crippen MR) is 125 cm³/mol. The normalized spacial score (nSPS) is 12.7. The van der Waals surface area contributed by atoms with Crippen LogP contribution < -0.4 is 14.8 Å². The van der Waals surface area contributed by atoms with E-state index >= 15 is 0 Å². The van der Waals surface area contributed by atoms with E-state index in [2.05, 4.69) is 23.3 Å². The first-order chi connectivity index (χ1) is 14.4. The van der Waals surface area contributed by atoms with E-state index in [4.69, 9.17) is 9.47 Å². The van der Waals surface area contributed by atoms with Crippen LogP contribution in [0.25, 0.3) is 0 Å². The van der Waals surface area contributed by atoms with Gasteiger partial charge >= 0.3 is 0 Å². The predicted octanol–water partition coefficient (Wildman–Crippen LogP) is 3.89. The number of aromatic nitrogens is 2. The van der Waals surface area contributed by atoms with Gasteiger partial charge in [-0.2, -0.15) is 0 Å². The van der Waals surface area contributed by atoms with Crippen LogP contribution in [0.2, 0.25) is 0 Å². The third-order valence-electron chi connectivity index (χ3n) is 5.30. The summed E-state index contributed by atoms with van der Waals surface area (Å²) in [6.45, 7) is 6.72. The minimum atomic E-state index is -0.668. The van der Waals surface area contributed by atoms with Crippen molar-refractivity contribution in [2.75, 3.05) is 20.3 Å². The van der Waals surface area contributed by atoms with Gasteiger partial charge in [0.25, 0.3) is 0 Å². The molecule has 168 valence electrons. The van der Waals surface area contributed by atoms with E-state index in [1.165, 1.54) is 5.56 Å². The van der Waals surface area contributed by atoms with Gasteiger partial charge in [-0.15, -0.1) is 12.4 Å². The van der Waals surface area contributed by atoms with Crippen molar-refractivity contribution >= 4 is 12.4 Å². The number of rotatable bonds is 9. The first kappa shape index (κ1) is 24.7. The molecular weight excluding hydrogens is 414 g/mol. The molecule has 0 bridgehead atoms. The van der Waals surface area contributed by atoms with Crippen molar-refractivity contribution in [2.24, 2.45) is 7.05 Å². The molecule has 31 heavy (non-hydrogen) atoms. The number of nitrogens with one attached hydrogen (secondary N) is 1. The Morgan fingerprint density at radius 3 is 2.61 bits per heavy atom. The number of halogens is 1. The Labute approximate surface area is 190 Å². The maximum Gasteiger partial charge on any atom is 0.130 e. The van der Waals surface area contributed by atoms with E-state index in [0.29, 0.717) is 6.54 Å². The maximum absolute atomic E-state index is 10.6. The molecule has 1 heterocycles. The molecule has 0 aliphatic heterocycles. The Bertz CT molecular complexity index is 990. The van der Waals surface area contributed by atoms with E-state index in [1.54, 1.807) is 13.3 Å². The summed E-state index contributed by atoms with van der Waals surface area (Å²) in [6.07, 6.45) is 3.01. The molecule has 2 unspecified atom stereocenters. The Morgan fingerprint density at radius 1 is 1.16 bits per heavy atom. The highest BCUT2D eigenvalue weighted by molar-refractivity contribution is 5.85. The van der Waals surface area contributed by atoms with Crippen molar-refractivity contribution in [1.82, 2.24) is 14.9 Å². The fraction of sp³-hybridized carbons (Fsp3) is 0.375. The molecule has 0 aliphatic carbocycles. The molecule has 2 aromatic carbocycles. The van der Waals surface area contributed by atoms with E-state index in [9.17, 15) is 5.11 Å². The van der Waals surface area contributed by atoms with Crippen LogP contribution in [0.3, 0.4) is 0 Å². The summed E-state index contributed by atoms with van der Waals surface area (Å²) in [7, 11) is 3.61. The smallest absolute Gasteiger partial charge is 0.130 e. The first-order valence-electron chi connectivity index (χ1n) is 10.1. The molecule has 3 aromatic rings. The summed E-state index contributed by atoms with van der Waals surface area (Å²) in [5.41, 5.74) is 4.45. The van der Waals surface area contributed by atoms with Crippen molar-refractivity contribution in [3.05, 3.63) is 76.9 Å². The molecule has 6 nitrogen and oxygen atoms in total. The van der Waals surface area contributed by atoms with Gasteiger partial charge in [0.1, 0.15) is 30.0 Å². The molecular formula is C24H32ClN3O3. The van der Waals surface area contributed by atoms with Crippen LogP contribution in [0.4, 0.5) is 0 Å². The van der Waals surface area contributed by atoms with Gasteiger partial charge in [-0.25, -0.2) is 4.98 Å². The summed E-state index contributed by atoms with van der Waals surface area (Å²) < 4.78 is 13.3. The van der Waals surface area contributed by atoms with Crippen LogP contribution in [0.1, 0.15) is 34.1 Å². The third-order valence-corrected chi connectivity index (χ3v) is 5.30. The highest BCUT2D eigenvalue weighted by Gasteiger charge is 2.20. The van der Waals surface area contributed by atoms with Crippen molar-refractivity contribution in [2.45, 2.75) is 32.9 Å². The Kier molecular flexibility index (Phi) is 8.92. The second kappa shape index (κ2) is 11.2. The number of nitrogens with zero attached hydrogens (tertiary/aromatic N) is 2. The van der Waals surface area contributed by atoms with E-state index in [1.807, 2.05) is 62.0 Å². The molecule has 2 atom stereocenters. The second-order valence-electron chi connectivity index (χ2n) is 7.68. The largest absolute Gasteiger partial charge is 0.497 e. The number of ether oxygens (including phenoxy) is 2. The molecule has 2 N–H and O–H groups in total. The molecule has 0 radical (unpaired) electrons. The summed E-state index contributed by atoms with van der Waals surface area (Å²) in [6, 6.07) is 11.8. The number of aryl methyl sites for hydroxylation is 3. The average molecular weight is 446 g/mol. The highest BCUT2D eigenvalue weighted by atomic mass is 35.5. The molecule has 1 aromatic heterocycles. The fourth-order valence-electron chi connectivity index (χ4n) is 3.48. The molecule has 3 rings (SSSR count). The highest BCUT2D eigenvalue weighted by Crippen LogP contribution is 2.25. The van der Waals surface area contributed by atoms with Crippen molar-refractivity contribution < 1.29 is 14.6 Å². The number of hydrogen-bond donors (Lipinski definition) is 2. The zero-order chi connectivity index (χ0) is 21.7. The first-order valence-corrected chi connectivity index (χ1v) is 10.1. The number of aliphatic hydroxyl groups excluding tert-OH is 1. The van der Waals surface area contributed by atoms with Crippen LogP contribution in [-0.2, 0) is 7.05 Å². The van der Waals surface area contributed by atoms with Crippen molar-refractivity contribution in [1.29, 1.82) is 0 Å². The number of methoxy groups -OCH3 is 1. The lowest BCUT2D eigenvalue weighted by molar-refractivity contribution is 0.104. The Morgan fingerprint density at radius 2 is 1.94 bits per heavy atom. The van der Waals surface area contributed by atoms with Gasteiger partial charge in [-0.1, -0.05) is 18.2 Å². The summed E-state index contributed by atoms with van der Waals surface area (Å²) >= 11 is 0. The molecule has 0 aliphatic rings. The second-order valence-corrected chi connectivity index (χ2v) is 7.68. The lowest BCUT2D eigenvalue weighted by Crippen LogP contribution is -2.35. The third kappa shape index (κ3) is 6.23. The zero-order valence-corrected chi connectivity index (χ0v) is 19.6. The average Bonchev–Trinajstić information content (AvgIpc) is 3.15. The standard InChI is InChI=1S/C24H31N3O3.ClH/c1-16-11-17(2)18(3)22(12-16)30-15-20(28)14-26-23(24-25-9-10-27(24)4)19-7-6-8-21(13-19)29-5;/h6-13,20,23,26,28H,14-15H2,1-5H3;1H. The maximum atomic E-state index is 10.6. The Hall–Kier alpha value is -2.54. The fourth-order valence-corrected chi connectivity index (χ4v) is 3.48. The van der Waals surface area contributed by atoms with Gasteiger partial charge in [0.15, 0.2) is 0 Å². The summed E-state index contributed by atoms with van der Waals surface area (Å²) in [5.74, 6) is 2.46. The summed E-state index contributed by atoms with van der Waals surface area (Å²) in [4.78, 5) is 4.50. The molecule has 0 spiro atoms. The van der Waals surface area contributed by atoms with Gasteiger partial charge in [0.2, 0.25) is 0 Å². The van der Waals surface area contributed by atoms with Crippen LogP contribution in [0, 0.1) is 20.8 Å². The molecule has 0 saturated carbocycles. The quantitative estimate of drug-likeness (QED) is 0.523. The van der Waals surface area contributed by atoms with Crippen molar-refractivity contribution in [3.63, 3.8) is 0 Å². The minimum Gasteiger partial charge on any atom is -0.497 e. The number of benzene rings is 2. The van der Waals surface area contributed by atoms with E-state index in [0.717, 1.165) is 34.0 Å². The molecule has 0 amide bonds. The van der Waals surface area contributed by atoms with Gasteiger partial charge < -0.3 is 24.5 Å². The monoisotopic (exact) mass is 445 g/mol. The number of hydrogen-bond acceptors (Lipinski definition) is 5. The SMILES string of the molecule is COc1cccc(C(NCC(O)COc2cc(C)cc(C)c2C)c2nccn2C)c1.Cl. The lowest BCUT2D eigenvalue weighted by Gasteiger charge is -2.22. The molecule has 0 saturated heterocycles. The number of aliphatic hydroxyl groups is 1. The topological polar surface area (TPSA) is 68.5 Å². The Balaban J connectivity index is 0.00000341. The number of imidazole rings is 1. The van der Waals surface area contributed by atoms with Crippen LogP contribution in [0.5, 0.6) is 11.5 Å². The van der Waals surface area contributed by atoms with Gasteiger partial charge in [0, 0.05) is 26.0 Å². The van der Waals surface area contributed by atoms with Gasteiger partial charge in [-0.3, -0.25) is 0 Å². The lowest BCUT2D eigenvalue weighted by atomic mass is 10.1. The van der Waals surface area contributed by atoms with E-state index < -0.39 is 6.10 Å². The van der Waals surface area contributed by atoms with Gasteiger partial charge in [-0.05, 0) is 61.2 Å². The molecule has 7 heteroatoms. The van der Waals surface area contributed by atoms with Crippen LogP contribution >= 0.6 is 12.4 Å². The zero-order valence-electron chi connectivity index (χ0n) is 18.8.